The van der Waals surface area contributed by atoms with E-state index in [1.165, 1.54) is 31.9 Å². The molecule has 1 atom stereocenters. The summed E-state index contributed by atoms with van der Waals surface area (Å²) in [5.41, 5.74) is 0. The number of nitrogens with zero attached hydrogens (tertiary/aromatic N) is 1. The lowest BCUT2D eigenvalue weighted by Crippen LogP contribution is -2.42. The van der Waals surface area contributed by atoms with Crippen LogP contribution in [0.3, 0.4) is 0 Å². The highest BCUT2D eigenvalue weighted by Crippen LogP contribution is 2.21. The van der Waals surface area contributed by atoms with Crippen molar-refractivity contribution < 1.29 is 14.3 Å². The van der Waals surface area contributed by atoms with E-state index in [0.717, 1.165) is 6.54 Å². The van der Waals surface area contributed by atoms with Gasteiger partial charge in [-0.25, -0.2) is 4.79 Å². The van der Waals surface area contributed by atoms with Crippen LogP contribution in [0.2, 0.25) is 0 Å². The van der Waals surface area contributed by atoms with Gasteiger partial charge in [0.15, 0.2) is 0 Å². The van der Waals surface area contributed by atoms with E-state index in [-0.39, 0.29) is 12.6 Å². The van der Waals surface area contributed by atoms with Gasteiger partial charge in [-0.1, -0.05) is 12.8 Å². The minimum atomic E-state index is -0.813. The average molecular weight is 295 g/mol. The van der Waals surface area contributed by atoms with Crippen molar-refractivity contribution in [2.45, 2.75) is 37.8 Å². The van der Waals surface area contributed by atoms with Gasteiger partial charge in [0.05, 0.1) is 12.8 Å². The number of likely N-dealkylation sites (N-methyl/N-ethyl adjacent to an activating group) is 1. The SMILES string of the molecule is CN(CCNC(=O)NCC(O)c1ccco1)C1CCCC1. The smallest absolute Gasteiger partial charge is 0.314 e. The number of hydrogen-bond acceptors (Lipinski definition) is 4. The fourth-order valence-electron chi connectivity index (χ4n) is 2.71. The Labute approximate surface area is 125 Å². The van der Waals surface area contributed by atoms with E-state index in [1.807, 2.05) is 0 Å². The molecule has 0 bridgehead atoms. The number of carbonyl (C=O) groups excluding carboxylic acids is 1. The van der Waals surface area contributed by atoms with Crippen LogP contribution >= 0.6 is 0 Å². The quantitative estimate of drug-likeness (QED) is 0.712. The van der Waals surface area contributed by atoms with Crippen LogP contribution in [0, 0.1) is 0 Å². The van der Waals surface area contributed by atoms with Crippen LogP contribution in [0.1, 0.15) is 37.5 Å². The predicted molar refractivity (Wildman–Crippen MR) is 80.0 cm³/mol. The van der Waals surface area contributed by atoms with Crippen LogP contribution in [0.4, 0.5) is 4.79 Å². The molecule has 21 heavy (non-hydrogen) atoms. The molecule has 2 rings (SSSR count). The van der Waals surface area contributed by atoms with Crippen molar-refractivity contribution in [1.82, 2.24) is 15.5 Å². The van der Waals surface area contributed by atoms with Gasteiger partial charge in [-0.15, -0.1) is 0 Å². The monoisotopic (exact) mass is 295 g/mol. The van der Waals surface area contributed by atoms with Crippen molar-refractivity contribution >= 4 is 6.03 Å². The van der Waals surface area contributed by atoms with Gasteiger partial charge in [0.25, 0.3) is 0 Å². The number of aliphatic hydroxyl groups is 1. The molecule has 1 fully saturated rings. The Morgan fingerprint density at radius 3 is 2.90 bits per heavy atom. The summed E-state index contributed by atoms with van der Waals surface area (Å²) in [5.74, 6) is 0.455. The Hall–Kier alpha value is -1.53. The summed E-state index contributed by atoms with van der Waals surface area (Å²) in [6.45, 7) is 1.59. The first kappa shape index (κ1) is 15.9. The minimum Gasteiger partial charge on any atom is -0.467 e. The van der Waals surface area contributed by atoms with Crippen LogP contribution in [0.25, 0.3) is 0 Å². The van der Waals surface area contributed by atoms with Gasteiger partial charge in [0, 0.05) is 19.1 Å². The normalized spacial score (nSPS) is 17.1. The molecule has 1 unspecified atom stereocenters. The van der Waals surface area contributed by atoms with Crippen LogP contribution < -0.4 is 10.6 Å². The van der Waals surface area contributed by atoms with E-state index >= 15 is 0 Å². The zero-order valence-electron chi connectivity index (χ0n) is 12.5. The van der Waals surface area contributed by atoms with Crippen molar-refractivity contribution in [2.75, 3.05) is 26.7 Å². The molecule has 6 heteroatoms. The standard InChI is InChI=1S/C15H25N3O3/c1-18(12-5-2-3-6-12)9-8-16-15(20)17-11-13(19)14-7-4-10-21-14/h4,7,10,12-13,19H,2-3,5-6,8-9,11H2,1H3,(H2,16,17,20). The van der Waals surface area contributed by atoms with Crippen molar-refractivity contribution in [3.8, 4) is 0 Å². The number of hydrogen-bond donors (Lipinski definition) is 3. The van der Waals surface area contributed by atoms with Crippen molar-refractivity contribution in [1.29, 1.82) is 0 Å². The summed E-state index contributed by atoms with van der Waals surface area (Å²) in [6, 6.07) is 3.79. The Bertz CT molecular complexity index is 416. The molecular weight excluding hydrogens is 270 g/mol. The fraction of sp³-hybridized carbons (Fsp3) is 0.667. The Kier molecular flexibility index (Phi) is 6.07. The van der Waals surface area contributed by atoms with E-state index < -0.39 is 6.10 Å². The number of carbonyl (C=O) groups is 1. The van der Waals surface area contributed by atoms with E-state index in [9.17, 15) is 9.90 Å². The lowest BCUT2D eigenvalue weighted by molar-refractivity contribution is 0.147. The van der Waals surface area contributed by atoms with Gasteiger partial charge in [-0.3, -0.25) is 0 Å². The minimum absolute atomic E-state index is 0.137. The van der Waals surface area contributed by atoms with Crippen LogP contribution in [-0.4, -0.2) is 48.8 Å². The Balaban J connectivity index is 1.57. The number of amides is 2. The first-order chi connectivity index (χ1) is 10.2. The Morgan fingerprint density at radius 1 is 1.48 bits per heavy atom. The summed E-state index contributed by atoms with van der Waals surface area (Å²) < 4.78 is 5.07. The maximum absolute atomic E-state index is 11.6. The maximum Gasteiger partial charge on any atom is 0.314 e. The van der Waals surface area contributed by atoms with Gasteiger partial charge in [-0.05, 0) is 32.0 Å². The van der Waals surface area contributed by atoms with Crippen LogP contribution in [0.5, 0.6) is 0 Å². The third-order valence-corrected chi connectivity index (χ3v) is 4.03. The van der Waals surface area contributed by atoms with Gasteiger partial charge in [0.1, 0.15) is 11.9 Å². The van der Waals surface area contributed by atoms with Crippen LogP contribution in [-0.2, 0) is 0 Å². The zero-order valence-corrected chi connectivity index (χ0v) is 12.5. The molecule has 3 N–H and O–H groups in total. The summed E-state index contributed by atoms with van der Waals surface area (Å²) in [4.78, 5) is 13.9. The van der Waals surface area contributed by atoms with Crippen LogP contribution in [0.15, 0.2) is 22.8 Å². The molecule has 1 aliphatic rings. The first-order valence-corrected chi connectivity index (χ1v) is 7.60. The molecule has 1 saturated carbocycles. The topological polar surface area (TPSA) is 77.7 Å². The van der Waals surface area contributed by atoms with E-state index in [1.54, 1.807) is 12.1 Å². The van der Waals surface area contributed by atoms with Gasteiger partial charge < -0.3 is 25.1 Å². The molecular formula is C15H25N3O3. The number of urea groups is 1. The molecule has 2 amide bonds. The lowest BCUT2D eigenvalue weighted by atomic mass is 10.2. The van der Waals surface area contributed by atoms with Gasteiger partial charge in [-0.2, -0.15) is 0 Å². The number of rotatable bonds is 7. The molecule has 1 aromatic rings. The zero-order chi connectivity index (χ0) is 15.1. The van der Waals surface area contributed by atoms with Gasteiger partial charge in [0.2, 0.25) is 0 Å². The third kappa shape index (κ3) is 5.06. The van der Waals surface area contributed by atoms with Crippen molar-refractivity contribution in [3.63, 3.8) is 0 Å². The second-order valence-corrected chi connectivity index (χ2v) is 5.59. The average Bonchev–Trinajstić information content (AvgIpc) is 3.16. The molecule has 0 radical (unpaired) electrons. The highest BCUT2D eigenvalue weighted by atomic mass is 16.4. The summed E-state index contributed by atoms with van der Waals surface area (Å²) >= 11 is 0. The van der Waals surface area contributed by atoms with Crippen molar-refractivity contribution in [2.24, 2.45) is 0 Å². The highest BCUT2D eigenvalue weighted by molar-refractivity contribution is 5.73. The number of aliphatic hydroxyl groups excluding tert-OH is 1. The Morgan fingerprint density at radius 2 is 2.24 bits per heavy atom. The molecule has 0 spiro atoms. The summed E-state index contributed by atoms with van der Waals surface area (Å²) in [7, 11) is 2.11. The van der Waals surface area contributed by atoms with E-state index in [0.29, 0.717) is 18.3 Å². The lowest BCUT2D eigenvalue weighted by Gasteiger charge is -2.24. The van der Waals surface area contributed by atoms with E-state index in [4.69, 9.17) is 4.42 Å². The number of nitrogens with one attached hydrogen (secondary N) is 2. The van der Waals surface area contributed by atoms with Gasteiger partial charge >= 0.3 is 6.03 Å². The first-order valence-electron chi connectivity index (χ1n) is 7.60. The number of furan rings is 1. The summed E-state index contributed by atoms with van der Waals surface area (Å²) in [5, 5.41) is 15.2. The molecule has 0 saturated heterocycles. The maximum atomic E-state index is 11.6. The largest absolute Gasteiger partial charge is 0.467 e. The molecule has 0 aromatic carbocycles. The molecule has 0 aliphatic heterocycles. The molecule has 1 aromatic heterocycles. The predicted octanol–water partition coefficient (Wildman–Crippen LogP) is 1.49. The fourth-order valence-corrected chi connectivity index (χ4v) is 2.71. The molecule has 1 aliphatic carbocycles. The third-order valence-electron chi connectivity index (χ3n) is 4.03. The molecule has 1 heterocycles. The van der Waals surface area contributed by atoms with Crippen molar-refractivity contribution in [3.05, 3.63) is 24.2 Å². The second kappa shape index (κ2) is 8.05. The van der Waals surface area contributed by atoms with E-state index in [2.05, 4.69) is 22.6 Å². The molecule has 118 valence electrons. The summed E-state index contributed by atoms with van der Waals surface area (Å²) in [6.07, 6.45) is 5.83. The highest BCUT2D eigenvalue weighted by Gasteiger charge is 2.19. The second-order valence-electron chi connectivity index (χ2n) is 5.59. The molecule has 6 nitrogen and oxygen atoms in total.